The van der Waals surface area contributed by atoms with E-state index in [0.717, 1.165) is 16.8 Å². The summed E-state index contributed by atoms with van der Waals surface area (Å²) in [7, 11) is 0. The topological polar surface area (TPSA) is 51.8 Å². The molecule has 14 heavy (non-hydrogen) atoms. The molecular weight excluding hydrogens is 174 g/mol. The molecular formula is C11H11N3. The second kappa shape index (κ2) is 3.46. The average molecular weight is 185 g/mol. The van der Waals surface area contributed by atoms with Gasteiger partial charge in [-0.15, -0.1) is 0 Å². The lowest BCUT2D eigenvalue weighted by atomic mass is 10.1. The third kappa shape index (κ3) is 1.57. The summed E-state index contributed by atoms with van der Waals surface area (Å²) in [6, 6.07) is 5.79. The van der Waals surface area contributed by atoms with Crippen molar-refractivity contribution in [3.63, 3.8) is 0 Å². The van der Waals surface area contributed by atoms with Crippen LogP contribution in [0.5, 0.6) is 0 Å². The van der Waals surface area contributed by atoms with Crippen molar-refractivity contribution in [2.24, 2.45) is 0 Å². The number of nitrogens with two attached hydrogens (primary N) is 1. The summed E-state index contributed by atoms with van der Waals surface area (Å²) in [5.74, 6) is 0. The van der Waals surface area contributed by atoms with Gasteiger partial charge in [0, 0.05) is 18.0 Å². The molecule has 2 aromatic rings. The largest absolute Gasteiger partial charge is 0.397 e. The van der Waals surface area contributed by atoms with Gasteiger partial charge in [-0.3, -0.25) is 9.97 Å². The van der Waals surface area contributed by atoms with Crippen molar-refractivity contribution in [3.05, 3.63) is 42.4 Å². The highest BCUT2D eigenvalue weighted by molar-refractivity contribution is 5.64. The number of hydrogen-bond acceptors (Lipinski definition) is 3. The first-order valence-corrected chi connectivity index (χ1v) is 4.40. The summed E-state index contributed by atoms with van der Waals surface area (Å²) in [5.41, 5.74) is 9.43. The summed E-state index contributed by atoms with van der Waals surface area (Å²) in [6.07, 6.45) is 5.18. The van der Waals surface area contributed by atoms with E-state index in [1.165, 1.54) is 0 Å². The number of anilines is 1. The van der Waals surface area contributed by atoms with E-state index in [1.54, 1.807) is 18.6 Å². The van der Waals surface area contributed by atoms with Crippen LogP contribution < -0.4 is 5.73 Å². The van der Waals surface area contributed by atoms with E-state index in [-0.39, 0.29) is 0 Å². The fraction of sp³-hybridized carbons (Fsp3) is 0.0909. The molecule has 3 heteroatoms. The molecule has 70 valence electrons. The molecule has 0 aliphatic heterocycles. The van der Waals surface area contributed by atoms with Gasteiger partial charge in [0.2, 0.25) is 0 Å². The fourth-order valence-electron chi connectivity index (χ4n) is 1.41. The number of hydrogen-bond donors (Lipinski definition) is 1. The van der Waals surface area contributed by atoms with Gasteiger partial charge in [0.05, 0.1) is 17.6 Å². The molecule has 0 aliphatic rings. The molecule has 2 rings (SSSR count). The summed E-state index contributed by atoms with van der Waals surface area (Å²) in [4.78, 5) is 8.26. The van der Waals surface area contributed by atoms with Gasteiger partial charge in [0.25, 0.3) is 0 Å². The van der Waals surface area contributed by atoms with Crippen LogP contribution in [-0.2, 0) is 0 Å². The van der Waals surface area contributed by atoms with E-state index in [2.05, 4.69) is 9.97 Å². The fourth-order valence-corrected chi connectivity index (χ4v) is 1.41. The van der Waals surface area contributed by atoms with Crippen molar-refractivity contribution in [1.29, 1.82) is 0 Å². The zero-order chi connectivity index (χ0) is 9.97. The first kappa shape index (κ1) is 8.69. The second-order valence-corrected chi connectivity index (χ2v) is 3.17. The predicted octanol–water partition coefficient (Wildman–Crippen LogP) is 2.03. The minimum atomic E-state index is 0.695. The van der Waals surface area contributed by atoms with Crippen LogP contribution in [0.1, 0.15) is 5.56 Å². The minimum absolute atomic E-state index is 0.695. The molecule has 0 saturated carbocycles. The maximum Gasteiger partial charge on any atom is 0.0733 e. The van der Waals surface area contributed by atoms with Crippen LogP contribution >= 0.6 is 0 Å². The predicted molar refractivity (Wildman–Crippen MR) is 56.6 cm³/mol. The van der Waals surface area contributed by atoms with Crippen molar-refractivity contribution in [2.75, 3.05) is 5.73 Å². The van der Waals surface area contributed by atoms with E-state index >= 15 is 0 Å². The monoisotopic (exact) mass is 185 g/mol. The van der Waals surface area contributed by atoms with Crippen molar-refractivity contribution >= 4 is 5.69 Å². The van der Waals surface area contributed by atoms with Crippen LogP contribution in [0.3, 0.4) is 0 Å². The number of nitrogens with zero attached hydrogens (tertiary/aromatic N) is 2. The molecule has 0 atom stereocenters. The Morgan fingerprint density at radius 3 is 2.57 bits per heavy atom. The van der Waals surface area contributed by atoms with Crippen molar-refractivity contribution in [1.82, 2.24) is 9.97 Å². The lowest BCUT2D eigenvalue weighted by Gasteiger charge is -2.04. The van der Waals surface area contributed by atoms with E-state index in [1.807, 2.05) is 25.1 Å². The number of rotatable bonds is 1. The standard InChI is InChI=1S/C11H11N3/c1-8-6-10(12)7-14-11(8)9-2-4-13-5-3-9/h2-7H,12H2,1H3. The zero-order valence-corrected chi connectivity index (χ0v) is 7.94. The molecule has 0 unspecified atom stereocenters. The molecule has 0 bridgehead atoms. The van der Waals surface area contributed by atoms with Crippen LogP contribution in [0.25, 0.3) is 11.3 Å². The second-order valence-electron chi connectivity index (χ2n) is 3.17. The summed E-state index contributed by atoms with van der Waals surface area (Å²) >= 11 is 0. The lowest BCUT2D eigenvalue weighted by Crippen LogP contribution is -1.92. The third-order valence-corrected chi connectivity index (χ3v) is 2.05. The molecule has 2 N–H and O–H groups in total. The van der Waals surface area contributed by atoms with Crippen molar-refractivity contribution in [3.8, 4) is 11.3 Å². The average Bonchev–Trinajstić information content (AvgIpc) is 2.19. The summed E-state index contributed by atoms with van der Waals surface area (Å²) in [5, 5.41) is 0. The highest BCUT2D eigenvalue weighted by Crippen LogP contribution is 2.20. The molecule has 0 amide bonds. The normalized spacial score (nSPS) is 10.1. The highest BCUT2D eigenvalue weighted by Gasteiger charge is 2.02. The molecule has 0 fully saturated rings. The molecule has 0 spiro atoms. The molecule has 0 aromatic carbocycles. The van der Waals surface area contributed by atoms with Crippen LogP contribution in [0.2, 0.25) is 0 Å². The van der Waals surface area contributed by atoms with Gasteiger partial charge >= 0.3 is 0 Å². The number of pyridine rings is 2. The van der Waals surface area contributed by atoms with Crippen molar-refractivity contribution in [2.45, 2.75) is 6.92 Å². The molecule has 3 nitrogen and oxygen atoms in total. The van der Waals surface area contributed by atoms with Gasteiger partial charge in [-0.05, 0) is 30.7 Å². The Hall–Kier alpha value is -1.90. The molecule has 0 aliphatic carbocycles. The minimum Gasteiger partial charge on any atom is -0.397 e. The Kier molecular flexibility index (Phi) is 2.14. The van der Waals surface area contributed by atoms with Gasteiger partial charge in [0.15, 0.2) is 0 Å². The maximum atomic E-state index is 5.63. The van der Waals surface area contributed by atoms with E-state index in [4.69, 9.17) is 5.73 Å². The van der Waals surface area contributed by atoms with Crippen LogP contribution in [0, 0.1) is 6.92 Å². The Morgan fingerprint density at radius 2 is 1.93 bits per heavy atom. The molecule has 0 saturated heterocycles. The number of nitrogen functional groups attached to an aromatic ring is 1. The van der Waals surface area contributed by atoms with E-state index in [0.29, 0.717) is 5.69 Å². The SMILES string of the molecule is Cc1cc(N)cnc1-c1ccncc1. The smallest absolute Gasteiger partial charge is 0.0733 e. The molecule has 2 heterocycles. The third-order valence-electron chi connectivity index (χ3n) is 2.05. The van der Waals surface area contributed by atoms with Gasteiger partial charge in [0.1, 0.15) is 0 Å². The zero-order valence-electron chi connectivity index (χ0n) is 7.94. The Balaban J connectivity index is 2.53. The molecule has 2 aromatic heterocycles. The number of aryl methyl sites for hydroxylation is 1. The Bertz CT molecular complexity index is 438. The first-order valence-electron chi connectivity index (χ1n) is 4.40. The van der Waals surface area contributed by atoms with Gasteiger partial charge in [-0.2, -0.15) is 0 Å². The quantitative estimate of drug-likeness (QED) is 0.739. The highest BCUT2D eigenvalue weighted by atomic mass is 14.7. The summed E-state index contributed by atoms with van der Waals surface area (Å²) in [6.45, 7) is 2.00. The van der Waals surface area contributed by atoms with Crippen molar-refractivity contribution < 1.29 is 0 Å². The van der Waals surface area contributed by atoms with E-state index in [9.17, 15) is 0 Å². The molecule has 0 radical (unpaired) electrons. The Morgan fingerprint density at radius 1 is 1.21 bits per heavy atom. The number of aromatic nitrogens is 2. The van der Waals surface area contributed by atoms with Crippen LogP contribution in [-0.4, -0.2) is 9.97 Å². The lowest BCUT2D eigenvalue weighted by molar-refractivity contribution is 1.25. The van der Waals surface area contributed by atoms with E-state index < -0.39 is 0 Å². The Labute approximate surface area is 82.6 Å². The first-order chi connectivity index (χ1) is 6.77. The summed E-state index contributed by atoms with van der Waals surface area (Å²) < 4.78 is 0. The maximum absolute atomic E-state index is 5.63. The van der Waals surface area contributed by atoms with Gasteiger partial charge in [-0.25, -0.2) is 0 Å². The van der Waals surface area contributed by atoms with Gasteiger partial charge in [-0.1, -0.05) is 0 Å². The van der Waals surface area contributed by atoms with Crippen LogP contribution in [0.4, 0.5) is 5.69 Å². The van der Waals surface area contributed by atoms with Crippen LogP contribution in [0.15, 0.2) is 36.8 Å². The van der Waals surface area contributed by atoms with Gasteiger partial charge < -0.3 is 5.73 Å².